The van der Waals surface area contributed by atoms with Gasteiger partial charge in [-0.1, -0.05) is 6.42 Å². The number of nitrogens with two attached hydrogens (primary N) is 1. The predicted octanol–water partition coefficient (Wildman–Crippen LogP) is 2.64. The van der Waals surface area contributed by atoms with E-state index in [2.05, 4.69) is 15.3 Å². The molecule has 126 valence electrons. The van der Waals surface area contributed by atoms with Crippen molar-refractivity contribution in [3.63, 3.8) is 0 Å². The normalized spacial score (nSPS) is 18.8. The van der Waals surface area contributed by atoms with E-state index >= 15 is 0 Å². The van der Waals surface area contributed by atoms with Crippen LogP contribution in [0.25, 0.3) is 0 Å². The van der Waals surface area contributed by atoms with Crippen LogP contribution in [0.3, 0.4) is 0 Å². The Morgan fingerprint density at radius 2 is 2.32 bits per heavy atom. The Balaban J connectivity index is 0.00000242. The van der Waals surface area contributed by atoms with Crippen molar-refractivity contribution in [2.75, 3.05) is 24.5 Å². The number of nitrogens with zero attached hydrogens (tertiary/aromatic N) is 3. The van der Waals surface area contributed by atoms with E-state index in [-0.39, 0.29) is 18.3 Å². The van der Waals surface area contributed by atoms with E-state index in [1.165, 1.54) is 19.3 Å². The van der Waals surface area contributed by atoms with Crippen LogP contribution in [0, 0.1) is 0 Å². The summed E-state index contributed by atoms with van der Waals surface area (Å²) >= 11 is 1.56. The molecule has 0 aliphatic carbocycles. The molecule has 1 saturated heterocycles. The topological polar surface area (TPSA) is 62.5 Å². The lowest BCUT2D eigenvalue weighted by Crippen LogP contribution is -2.40. The van der Waals surface area contributed by atoms with Crippen molar-refractivity contribution < 1.29 is 4.79 Å². The van der Waals surface area contributed by atoms with Crippen LogP contribution in [-0.2, 0) is 11.3 Å². The van der Waals surface area contributed by atoms with Crippen molar-refractivity contribution in [2.24, 2.45) is 5.73 Å². The molecule has 1 aliphatic heterocycles. The fourth-order valence-electron chi connectivity index (χ4n) is 2.98. The molecule has 1 atom stereocenters. The molecule has 1 aromatic heterocycles. The monoisotopic (exact) mass is 346 g/mol. The Hall–Kier alpha value is -0.690. The van der Waals surface area contributed by atoms with Crippen LogP contribution >= 0.6 is 23.7 Å². The van der Waals surface area contributed by atoms with E-state index in [4.69, 9.17) is 5.73 Å². The van der Waals surface area contributed by atoms with Gasteiger partial charge in [0.15, 0.2) is 5.13 Å². The van der Waals surface area contributed by atoms with Gasteiger partial charge in [0.2, 0.25) is 5.91 Å². The maximum atomic E-state index is 11.6. The standard InChI is InChI=1S/C15H26N4OS.ClH/c1-3-19(12(2)20)15-17-13(11-21-15)10-18-9-5-4-6-14(18)7-8-16;/h11,14H,3-10,16H2,1-2H3;1H. The Bertz CT molecular complexity index is 466. The highest BCUT2D eigenvalue weighted by molar-refractivity contribution is 7.14. The van der Waals surface area contributed by atoms with Crippen LogP contribution in [0.15, 0.2) is 5.38 Å². The summed E-state index contributed by atoms with van der Waals surface area (Å²) in [5.41, 5.74) is 6.79. The van der Waals surface area contributed by atoms with Gasteiger partial charge in [-0.05, 0) is 39.3 Å². The SMILES string of the molecule is CCN(C(C)=O)c1nc(CN2CCCCC2CCN)cs1.Cl. The average Bonchev–Trinajstić information content (AvgIpc) is 2.90. The van der Waals surface area contributed by atoms with Crippen molar-refractivity contribution in [1.82, 2.24) is 9.88 Å². The van der Waals surface area contributed by atoms with E-state index in [9.17, 15) is 4.79 Å². The summed E-state index contributed by atoms with van der Waals surface area (Å²) in [5, 5.41) is 2.89. The number of halogens is 1. The molecule has 7 heteroatoms. The Morgan fingerprint density at radius 3 is 2.95 bits per heavy atom. The van der Waals surface area contributed by atoms with Gasteiger partial charge in [-0.3, -0.25) is 14.6 Å². The van der Waals surface area contributed by atoms with Gasteiger partial charge in [-0.25, -0.2) is 4.98 Å². The molecule has 22 heavy (non-hydrogen) atoms. The van der Waals surface area contributed by atoms with Crippen LogP contribution in [-0.4, -0.2) is 41.5 Å². The maximum Gasteiger partial charge on any atom is 0.225 e. The first-order chi connectivity index (χ1) is 10.2. The molecule has 0 aromatic carbocycles. The first-order valence-electron chi connectivity index (χ1n) is 7.82. The number of carbonyl (C=O) groups excluding carboxylic acids is 1. The molecule has 1 aromatic rings. The predicted molar refractivity (Wildman–Crippen MR) is 94.8 cm³/mol. The van der Waals surface area contributed by atoms with Gasteiger partial charge in [-0.15, -0.1) is 23.7 Å². The molecule has 0 radical (unpaired) electrons. The van der Waals surface area contributed by atoms with Crippen LogP contribution in [0.4, 0.5) is 5.13 Å². The number of hydrogen-bond acceptors (Lipinski definition) is 5. The molecule has 5 nitrogen and oxygen atoms in total. The zero-order valence-corrected chi connectivity index (χ0v) is 15.1. The number of thiazole rings is 1. The second-order valence-corrected chi connectivity index (χ2v) is 6.42. The fourth-order valence-corrected chi connectivity index (χ4v) is 3.90. The molecule has 0 saturated carbocycles. The van der Waals surface area contributed by atoms with Crippen molar-refractivity contribution in [1.29, 1.82) is 0 Å². The molecule has 1 unspecified atom stereocenters. The Kier molecular flexibility index (Phi) is 8.31. The minimum atomic E-state index is 0. The number of amides is 1. The summed E-state index contributed by atoms with van der Waals surface area (Å²) in [7, 11) is 0. The lowest BCUT2D eigenvalue weighted by Gasteiger charge is -2.35. The summed E-state index contributed by atoms with van der Waals surface area (Å²) in [5.74, 6) is 0.0531. The molecular weight excluding hydrogens is 320 g/mol. The van der Waals surface area contributed by atoms with E-state index in [0.717, 1.165) is 36.9 Å². The molecule has 2 heterocycles. The smallest absolute Gasteiger partial charge is 0.225 e. The van der Waals surface area contributed by atoms with Gasteiger partial charge in [0, 0.05) is 31.4 Å². The third-order valence-electron chi connectivity index (χ3n) is 4.08. The molecule has 2 N–H and O–H groups in total. The first kappa shape index (κ1) is 19.4. The third-order valence-corrected chi connectivity index (χ3v) is 4.99. The summed E-state index contributed by atoms with van der Waals surface area (Å²) < 4.78 is 0. The molecule has 0 spiro atoms. The van der Waals surface area contributed by atoms with Gasteiger partial charge in [0.25, 0.3) is 0 Å². The van der Waals surface area contributed by atoms with Crippen molar-refractivity contribution in [2.45, 2.75) is 52.1 Å². The zero-order chi connectivity index (χ0) is 15.2. The van der Waals surface area contributed by atoms with E-state index in [0.29, 0.717) is 12.6 Å². The average molecular weight is 347 g/mol. The summed E-state index contributed by atoms with van der Waals surface area (Å²) in [4.78, 5) is 20.4. The van der Waals surface area contributed by atoms with E-state index in [1.54, 1.807) is 23.2 Å². The van der Waals surface area contributed by atoms with Gasteiger partial charge in [0.1, 0.15) is 0 Å². The van der Waals surface area contributed by atoms with Crippen LogP contribution in [0.1, 0.15) is 45.2 Å². The first-order valence-corrected chi connectivity index (χ1v) is 8.70. The van der Waals surface area contributed by atoms with Crippen LogP contribution < -0.4 is 10.6 Å². The highest BCUT2D eigenvalue weighted by Gasteiger charge is 2.23. The summed E-state index contributed by atoms with van der Waals surface area (Å²) in [6, 6.07) is 0.587. The van der Waals surface area contributed by atoms with Crippen LogP contribution in [0.5, 0.6) is 0 Å². The van der Waals surface area contributed by atoms with E-state index in [1.807, 2.05) is 6.92 Å². The van der Waals surface area contributed by atoms with Crippen molar-refractivity contribution >= 4 is 34.8 Å². The molecule has 1 amide bonds. The number of carbonyl (C=O) groups is 1. The number of piperidine rings is 1. The van der Waals surface area contributed by atoms with Crippen molar-refractivity contribution in [3.8, 4) is 0 Å². The number of aromatic nitrogens is 1. The minimum Gasteiger partial charge on any atom is -0.330 e. The zero-order valence-electron chi connectivity index (χ0n) is 13.5. The second kappa shape index (κ2) is 9.45. The summed E-state index contributed by atoms with van der Waals surface area (Å²) in [6.45, 7) is 6.98. The van der Waals surface area contributed by atoms with Gasteiger partial charge < -0.3 is 5.73 Å². The summed E-state index contributed by atoms with van der Waals surface area (Å²) in [6.07, 6.45) is 4.86. The quantitative estimate of drug-likeness (QED) is 0.860. The number of rotatable bonds is 6. The number of hydrogen-bond donors (Lipinski definition) is 1. The lowest BCUT2D eigenvalue weighted by atomic mass is 9.99. The van der Waals surface area contributed by atoms with Crippen LogP contribution in [0.2, 0.25) is 0 Å². The Morgan fingerprint density at radius 1 is 1.55 bits per heavy atom. The van der Waals surface area contributed by atoms with E-state index < -0.39 is 0 Å². The molecule has 0 bridgehead atoms. The number of likely N-dealkylation sites (tertiary alicyclic amines) is 1. The van der Waals surface area contributed by atoms with Gasteiger partial charge in [-0.2, -0.15) is 0 Å². The van der Waals surface area contributed by atoms with Crippen molar-refractivity contribution in [3.05, 3.63) is 11.1 Å². The van der Waals surface area contributed by atoms with Gasteiger partial charge >= 0.3 is 0 Å². The largest absolute Gasteiger partial charge is 0.330 e. The highest BCUT2D eigenvalue weighted by Crippen LogP contribution is 2.25. The second-order valence-electron chi connectivity index (χ2n) is 5.58. The number of anilines is 1. The molecule has 1 aliphatic rings. The molecule has 1 fully saturated rings. The third kappa shape index (κ3) is 4.91. The maximum absolute atomic E-state index is 11.6. The Labute approximate surface area is 143 Å². The minimum absolute atomic E-state index is 0. The highest BCUT2D eigenvalue weighted by atomic mass is 35.5. The molecule has 2 rings (SSSR count). The van der Waals surface area contributed by atoms with Gasteiger partial charge in [0.05, 0.1) is 5.69 Å². The molecular formula is C15H27ClN4OS. The fraction of sp³-hybridized carbons (Fsp3) is 0.733. The lowest BCUT2D eigenvalue weighted by molar-refractivity contribution is -0.116.